The maximum atomic E-state index is 9.09. The molecule has 0 aromatic heterocycles. The van der Waals surface area contributed by atoms with E-state index in [0.29, 0.717) is 6.54 Å². The molecule has 4 nitrogen and oxygen atoms in total. The lowest BCUT2D eigenvalue weighted by atomic mass is 10.2. The number of benzene rings is 1. The van der Waals surface area contributed by atoms with Crippen LogP contribution in [0.2, 0.25) is 0 Å². The Morgan fingerprint density at radius 3 is 2.45 bits per heavy atom. The fourth-order valence-corrected chi connectivity index (χ4v) is 2.71. The van der Waals surface area contributed by atoms with Crippen molar-refractivity contribution in [3.05, 3.63) is 30.3 Å². The van der Waals surface area contributed by atoms with Gasteiger partial charge in [0, 0.05) is 45.0 Å². The average molecular weight is 293 g/mol. The molecule has 2 rings (SSSR count). The number of nitrogens with zero attached hydrogens (tertiary/aromatic N) is 3. The summed E-state index contributed by atoms with van der Waals surface area (Å²) in [6, 6.07) is 10.6. The van der Waals surface area contributed by atoms with Crippen LogP contribution in [0, 0.1) is 0 Å². The number of anilines is 1. The first-order valence-electron chi connectivity index (χ1n) is 7.08. The summed E-state index contributed by atoms with van der Waals surface area (Å²) < 4.78 is 0. The predicted molar refractivity (Wildman–Crippen MR) is 87.8 cm³/mol. The Bertz CT molecular complexity index is 418. The van der Waals surface area contributed by atoms with E-state index in [1.54, 1.807) is 0 Å². The van der Waals surface area contributed by atoms with E-state index in [1.165, 1.54) is 5.69 Å². The number of rotatable bonds is 6. The van der Waals surface area contributed by atoms with Crippen LogP contribution in [-0.4, -0.2) is 72.8 Å². The van der Waals surface area contributed by atoms with Crippen molar-refractivity contribution in [2.45, 2.75) is 0 Å². The number of aliphatic hydroxyl groups is 1. The van der Waals surface area contributed by atoms with Crippen molar-refractivity contribution in [3.8, 4) is 0 Å². The van der Waals surface area contributed by atoms with Crippen LogP contribution in [0.4, 0.5) is 5.69 Å². The van der Waals surface area contributed by atoms with Crippen molar-refractivity contribution in [2.24, 2.45) is 0 Å². The van der Waals surface area contributed by atoms with Crippen LogP contribution in [0.3, 0.4) is 0 Å². The van der Waals surface area contributed by atoms with E-state index in [-0.39, 0.29) is 5.05 Å². The largest absolute Gasteiger partial charge is 0.501 e. The minimum absolute atomic E-state index is 0.0707. The summed E-state index contributed by atoms with van der Waals surface area (Å²) in [6.07, 6.45) is 0. The van der Waals surface area contributed by atoms with Crippen LogP contribution in [0.15, 0.2) is 30.3 Å². The minimum Gasteiger partial charge on any atom is -0.501 e. The number of hydrogen-bond donors (Lipinski definition) is 1. The number of hydrogen-bond acceptors (Lipinski definition) is 4. The summed E-state index contributed by atoms with van der Waals surface area (Å²) >= 11 is 4.71. The summed E-state index contributed by atoms with van der Waals surface area (Å²) in [5.41, 5.74) is 1.31. The second-order valence-corrected chi connectivity index (χ2v) is 5.77. The topological polar surface area (TPSA) is 30.0 Å². The SMILES string of the molecule is CN(CCN1CCN(c2ccccc2)CC1)CC(O)=S. The molecule has 1 fully saturated rings. The van der Waals surface area contributed by atoms with Crippen LogP contribution in [0.5, 0.6) is 0 Å². The molecule has 1 aliphatic rings. The molecule has 1 N–H and O–H groups in total. The molecular formula is C15H23N3OS. The van der Waals surface area contributed by atoms with E-state index in [9.17, 15) is 0 Å². The van der Waals surface area contributed by atoms with Gasteiger partial charge in [-0.25, -0.2) is 0 Å². The first-order valence-corrected chi connectivity index (χ1v) is 7.48. The molecule has 1 aromatic carbocycles. The van der Waals surface area contributed by atoms with Crippen LogP contribution < -0.4 is 4.90 Å². The fraction of sp³-hybridized carbons (Fsp3) is 0.533. The van der Waals surface area contributed by atoms with E-state index in [4.69, 9.17) is 17.3 Å². The van der Waals surface area contributed by atoms with Crippen molar-refractivity contribution in [2.75, 3.05) is 57.8 Å². The van der Waals surface area contributed by atoms with Crippen LogP contribution in [-0.2, 0) is 0 Å². The van der Waals surface area contributed by atoms with Gasteiger partial charge in [0.25, 0.3) is 0 Å². The fourth-order valence-electron chi connectivity index (χ4n) is 2.49. The molecule has 0 spiro atoms. The first-order chi connectivity index (χ1) is 9.65. The van der Waals surface area contributed by atoms with Crippen molar-refractivity contribution in [3.63, 3.8) is 0 Å². The lowest BCUT2D eigenvalue weighted by Crippen LogP contribution is -2.48. The molecule has 5 heteroatoms. The van der Waals surface area contributed by atoms with Gasteiger partial charge in [-0.1, -0.05) is 18.2 Å². The highest BCUT2D eigenvalue weighted by atomic mass is 32.1. The van der Waals surface area contributed by atoms with Gasteiger partial charge in [0.15, 0.2) is 5.05 Å². The van der Waals surface area contributed by atoms with E-state index < -0.39 is 0 Å². The Morgan fingerprint density at radius 1 is 1.20 bits per heavy atom. The molecular weight excluding hydrogens is 270 g/mol. The zero-order valence-electron chi connectivity index (χ0n) is 12.0. The Labute approximate surface area is 126 Å². The predicted octanol–water partition coefficient (Wildman–Crippen LogP) is 1.63. The van der Waals surface area contributed by atoms with Gasteiger partial charge in [-0.2, -0.15) is 0 Å². The van der Waals surface area contributed by atoms with Crippen LogP contribution >= 0.6 is 12.2 Å². The van der Waals surface area contributed by atoms with E-state index >= 15 is 0 Å². The smallest absolute Gasteiger partial charge is 0.170 e. The highest BCUT2D eigenvalue weighted by molar-refractivity contribution is 7.80. The number of likely N-dealkylation sites (N-methyl/N-ethyl adjacent to an activating group) is 1. The third-order valence-corrected chi connectivity index (χ3v) is 3.83. The summed E-state index contributed by atoms with van der Waals surface area (Å²) in [7, 11) is 1.99. The highest BCUT2D eigenvalue weighted by Crippen LogP contribution is 2.15. The van der Waals surface area contributed by atoms with Crippen molar-refractivity contribution >= 4 is 23.0 Å². The second kappa shape index (κ2) is 7.57. The van der Waals surface area contributed by atoms with E-state index in [0.717, 1.165) is 39.3 Å². The van der Waals surface area contributed by atoms with Gasteiger partial charge in [0.2, 0.25) is 0 Å². The molecule has 20 heavy (non-hydrogen) atoms. The lowest BCUT2D eigenvalue weighted by Gasteiger charge is -2.36. The molecule has 1 heterocycles. The quantitative estimate of drug-likeness (QED) is 0.805. The maximum absolute atomic E-state index is 9.09. The zero-order chi connectivity index (χ0) is 14.4. The van der Waals surface area contributed by atoms with Gasteiger partial charge >= 0.3 is 0 Å². The Hall–Kier alpha value is -1.17. The molecule has 1 aliphatic heterocycles. The highest BCUT2D eigenvalue weighted by Gasteiger charge is 2.17. The van der Waals surface area contributed by atoms with Gasteiger partial charge in [0.05, 0.1) is 6.54 Å². The molecule has 1 aromatic rings. The third-order valence-electron chi connectivity index (χ3n) is 3.70. The van der Waals surface area contributed by atoms with E-state index in [2.05, 4.69) is 45.0 Å². The van der Waals surface area contributed by atoms with Gasteiger partial charge in [-0.15, -0.1) is 0 Å². The van der Waals surface area contributed by atoms with E-state index in [1.807, 2.05) is 7.05 Å². The summed E-state index contributed by atoms with van der Waals surface area (Å²) in [4.78, 5) is 6.96. The Balaban J connectivity index is 1.71. The van der Waals surface area contributed by atoms with Gasteiger partial charge < -0.3 is 10.0 Å². The number of aliphatic hydroxyl groups excluding tert-OH is 1. The summed E-state index contributed by atoms with van der Waals surface area (Å²) in [6.45, 7) is 6.78. The molecule has 0 aliphatic carbocycles. The summed E-state index contributed by atoms with van der Waals surface area (Å²) in [5, 5.41) is 9.16. The molecule has 0 radical (unpaired) electrons. The molecule has 0 saturated carbocycles. The van der Waals surface area contributed by atoms with Crippen molar-refractivity contribution in [1.82, 2.24) is 9.80 Å². The molecule has 0 bridgehead atoms. The standard InChI is InChI=1S/C15H23N3OS/c1-16(13-15(19)20)7-8-17-9-11-18(12-10-17)14-5-3-2-4-6-14/h2-6H,7-13H2,1H3,(H,19,20). The first kappa shape index (κ1) is 15.2. The van der Waals surface area contributed by atoms with Crippen LogP contribution in [0.25, 0.3) is 0 Å². The molecule has 110 valence electrons. The zero-order valence-corrected chi connectivity index (χ0v) is 12.9. The van der Waals surface area contributed by atoms with Gasteiger partial charge in [-0.3, -0.25) is 9.80 Å². The number of para-hydroxylation sites is 1. The number of piperazine rings is 1. The average Bonchev–Trinajstić information content (AvgIpc) is 2.46. The monoisotopic (exact) mass is 293 g/mol. The number of thiocarbonyl (C=S) groups is 1. The maximum Gasteiger partial charge on any atom is 0.170 e. The van der Waals surface area contributed by atoms with Gasteiger partial charge in [-0.05, 0) is 31.4 Å². The van der Waals surface area contributed by atoms with Gasteiger partial charge in [0.1, 0.15) is 0 Å². The third kappa shape index (κ3) is 4.74. The molecule has 1 saturated heterocycles. The Morgan fingerprint density at radius 2 is 1.85 bits per heavy atom. The molecule has 0 atom stereocenters. The van der Waals surface area contributed by atoms with Crippen molar-refractivity contribution in [1.29, 1.82) is 0 Å². The van der Waals surface area contributed by atoms with Crippen molar-refractivity contribution < 1.29 is 5.11 Å². The summed E-state index contributed by atoms with van der Waals surface area (Å²) in [5.74, 6) is 0. The van der Waals surface area contributed by atoms with Crippen LogP contribution in [0.1, 0.15) is 0 Å². The Kier molecular flexibility index (Phi) is 5.76. The lowest BCUT2D eigenvalue weighted by molar-refractivity contribution is 0.222. The second-order valence-electron chi connectivity index (χ2n) is 5.30. The normalized spacial score (nSPS) is 16.6. The molecule has 0 unspecified atom stereocenters. The minimum atomic E-state index is 0.0707. The molecule has 0 amide bonds.